The standard InChI is InChI=1S/C12H12BrN5S/c1-2-9(11-14-5-7-19-11)15-12-16-10-8(13)4-3-6-18(10)17-12/h3-7,9H,2H2,1H3,(H,15,17). The van der Waals surface area contributed by atoms with Crippen LogP contribution in [0.2, 0.25) is 0 Å². The molecule has 19 heavy (non-hydrogen) atoms. The monoisotopic (exact) mass is 337 g/mol. The molecule has 3 aromatic heterocycles. The molecule has 0 aliphatic carbocycles. The van der Waals surface area contributed by atoms with Gasteiger partial charge in [-0.1, -0.05) is 6.92 Å². The van der Waals surface area contributed by atoms with Crippen LogP contribution in [0.3, 0.4) is 0 Å². The van der Waals surface area contributed by atoms with Gasteiger partial charge in [-0.3, -0.25) is 0 Å². The van der Waals surface area contributed by atoms with Crippen LogP contribution in [-0.4, -0.2) is 19.6 Å². The molecule has 0 amide bonds. The number of nitrogens with zero attached hydrogens (tertiary/aromatic N) is 4. The number of hydrogen-bond acceptors (Lipinski definition) is 5. The lowest BCUT2D eigenvalue weighted by molar-refractivity contribution is 0.731. The Morgan fingerprint density at radius 2 is 2.42 bits per heavy atom. The minimum Gasteiger partial charge on any atom is -0.344 e. The summed E-state index contributed by atoms with van der Waals surface area (Å²) in [5.74, 6) is 0.619. The van der Waals surface area contributed by atoms with Gasteiger partial charge in [0.15, 0.2) is 5.65 Å². The number of fused-ring (bicyclic) bond motifs is 1. The van der Waals surface area contributed by atoms with Crippen molar-refractivity contribution >= 4 is 38.9 Å². The van der Waals surface area contributed by atoms with Crippen LogP contribution < -0.4 is 5.32 Å². The SMILES string of the molecule is CCC(Nc1nc2c(Br)cccn2n1)c1nccs1. The van der Waals surface area contributed by atoms with Crippen molar-refractivity contribution in [1.29, 1.82) is 0 Å². The Bertz CT molecular complexity index is 679. The summed E-state index contributed by atoms with van der Waals surface area (Å²) in [4.78, 5) is 8.82. The quantitative estimate of drug-likeness (QED) is 0.791. The molecule has 5 nitrogen and oxygen atoms in total. The second kappa shape index (κ2) is 5.26. The van der Waals surface area contributed by atoms with Gasteiger partial charge in [0.1, 0.15) is 5.01 Å². The van der Waals surface area contributed by atoms with Gasteiger partial charge in [-0.05, 0) is 34.5 Å². The van der Waals surface area contributed by atoms with E-state index in [9.17, 15) is 0 Å². The molecule has 0 spiro atoms. The number of thiazole rings is 1. The van der Waals surface area contributed by atoms with E-state index in [2.05, 4.69) is 43.2 Å². The fourth-order valence-corrected chi connectivity index (χ4v) is 3.03. The van der Waals surface area contributed by atoms with Crippen molar-refractivity contribution in [3.63, 3.8) is 0 Å². The molecule has 0 bridgehead atoms. The van der Waals surface area contributed by atoms with Crippen LogP contribution in [0.1, 0.15) is 24.4 Å². The van der Waals surface area contributed by atoms with Crippen LogP contribution in [0.15, 0.2) is 34.4 Å². The van der Waals surface area contributed by atoms with Crippen molar-refractivity contribution in [3.05, 3.63) is 39.4 Å². The zero-order chi connectivity index (χ0) is 13.2. The Kier molecular flexibility index (Phi) is 3.48. The van der Waals surface area contributed by atoms with Crippen molar-refractivity contribution in [2.45, 2.75) is 19.4 Å². The second-order valence-electron chi connectivity index (χ2n) is 4.04. The molecule has 1 atom stereocenters. The van der Waals surface area contributed by atoms with Crippen LogP contribution in [0.25, 0.3) is 5.65 Å². The van der Waals surface area contributed by atoms with E-state index in [1.807, 2.05) is 29.9 Å². The minimum atomic E-state index is 0.149. The maximum atomic E-state index is 4.48. The lowest BCUT2D eigenvalue weighted by atomic mass is 10.2. The highest BCUT2D eigenvalue weighted by molar-refractivity contribution is 9.10. The van der Waals surface area contributed by atoms with Crippen molar-refractivity contribution in [1.82, 2.24) is 19.6 Å². The van der Waals surface area contributed by atoms with Crippen LogP contribution >= 0.6 is 27.3 Å². The van der Waals surface area contributed by atoms with Crippen molar-refractivity contribution in [2.75, 3.05) is 5.32 Å². The molecule has 0 aliphatic heterocycles. The van der Waals surface area contributed by atoms with E-state index in [0.29, 0.717) is 5.95 Å². The first-order valence-electron chi connectivity index (χ1n) is 5.94. The van der Waals surface area contributed by atoms with Crippen LogP contribution in [0.4, 0.5) is 5.95 Å². The molecule has 0 saturated carbocycles. The zero-order valence-electron chi connectivity index (χ0n) is 10.2. The van der Waals surface area contributed by atoms with Crippen molar-refractivity contribution in [2.24, 2.45) is 0 Å². The third-order valence-electron chi connectivity index (χ3n) is 2.78. The summed E-state index contributed by atoms with van der Waals surface area (Å²) in [6.07, 6.45) is 4.63. The number of halogens is 1. The number of pyridine rings is 1. The molecule has 0 aromatic carbocycles. The fraction of sp³-hybridized carbons (Fsp3) is 0.250. The summed E-state index contributed by atoms with van der Waals surface area (Å²) in [6, 6.07) is 4.02. The second-order valence-corrected chi connectivity index (χ2v) is 5.82. The summed E-state index contributed by atoms with van der Waals surface area (Å²) in [5.41, 5.74) is 0.805. The maximum Gasteiger partial charge on any atom is 0.243 e. The third-order valence-corrected chi connectivity index (χ3v) is 4.28. The Balaban J connectivity index is 1.90. The average Bonchev–Trinajstić information content (AvgIpc) is 3.05. The molecule has 0 radical (unpaired) electrons. The third kappa shape index (κ3) is 2.48. The van der Waals surface area contributed by atoms with Gasteiger partial charge in [-0.25, -0.2) is 9.50 Å². The Morgan fingerprint density at radius 3 is 3.11 bits per heavy atom. The van der Waals surface area contributed by atoms with Gasteiger partial charge < -0.3 is 5.32 Å². The normalized spacial score (nSPS) is 12.7. The predicted octanol–water partition coefficient (Wildman–Crippen LogP) is 3.51. The minimum absolute atomic E-state index is 0.149. The van der Waals surface area contributed by atoms with E-state index in [1.54, 1.807) is 15.9 Å². The predicted molar refractivity (Wildman–Crippen MR) is 79.5 cm³/mol. The lowest BCUT2D eigenvalue weighted by Gasteiger charge is -2.11. The molecule has 3 heterocycles. The highest BCUT2D eigenvalue weighted by Crippen LogP contribution is 2.24. The highest BCUT2D eigenvalue weighted by Gasteiger charge is 2.14. The van der Waals surface area contributed by atoms with Crippen molar-refractivity contribution < 1.29 is 0 Å². The number of anilines is 1. The van der Waals surface area contributed by atoms with E-state index >= 15 is 0 Å². The number of aromatic nitrogens is 4. The van der Waals surface area contributed by atoms with Crippen LogP contribution in [0.5, 0.6) is 0 Å². The number of rotatable bonds is 4. The summed E-state index contributed by atoms with van der Waals surface area (Å²) < 4.78 is 2.68. The molecule has 7 heteroatoms. The van der Waals surface area contributed by atoms with E-state index < -0.39 is 0 Å². The molecule has 0 saturated heterocycles. The summed E-state index contributed by atoms with van der Waals surface area (Å²) in [7, 11) is 0. The molecular formula is C12H12BrN5S. The van der Waals surface area contributed by atoms with E-state index in [0.717, 1.165) is 21.5 Å². The van der Waals surface area contributed by atoms with Gasteiger partial charge in [-0.2, -0.15) is 4.98 Å². The first-order chi connectivity index (χ1) is 9.28. The van der Waals surface area contributed by atoms with E-state index in [-0.39, 0.29) is 6.04 Å². The first-order valence-corrected chi connectivity index (χ1v) is 7.62. The topological polar surface area (TPSA) is 55.1 Å². The molecule has 0 fully saturated rings. The van der Waals surface area contributed by atoms with Gasteiger partial charge in [0.2, 0.25) is 5.95 Å². The summed E-state index contributed by atoms with van der Waals surface area (Å²) >= 11 is 5.11. The smallest absolute Gasteiger partial charge is 0.243 e. The molecule has 1 N–H and O–H groups in total. The fourth-order valence-electron chi connectivity index (χ4n) is 1.84. The molecule has 98 valence electrons. The molecule has 3 aromatic rings. The maximum absolute atomic E-state index is 4.48. The summed E-state index contributed by atoms with van der Waals surface area (Å²) in [6.45, 7) is 2.12. The van der Waals surface area contributed by atoms with Gasteiger partial charge >= 0.3 is 0 Å². The van der Waals surface area contributed by atoms with Gasteiger partial charge in [0.25, 0.3) is 0 Å². The van der Waals surface area contributed by atoms with Gasteiger partial charge in [0.05, 0.1) is 10.5 Å². The average molecular weight is 338 g/mol. The zero-order valence-corrected chi connectivity index (χ0v) is 12.6. The highest BCUT2D eigenvalue weighted by atomic mass is 79.9. The number of hydrogen-bond donors (Lipinski definition) is 1. The van der Waals surface area contributed by atoms with Crippen LogP contribution in [0, 0.1) is 0 Å². The number of nitrogens with one attached hydrogen (secondary N) is 1. The van der Waals surface area contributed by atoms with Gasteiger partial charge in [0, 0.05) is 17.8 Å². The van der Waals surface area contributed by atoms with Crippen molar-refractivity contribution in [3.8, 4) is 0 Å². The van der Waals surface area contributed by atoms with E-state index in [1.165, 1.54) is 0 Å². The van der Waals surface area contributed by atoms with Crippen LogP contribution in [-0.2, 0) is 0 Å². The largest absolute Gasteiger partial charge is 0.344 e. The molecule has 1 unspecified atom stereocenters. The Morgan fingerprint density at radius 1 is 1.53 bits per heavy atom. The molecule has 0 aliphatic rings. The lowest BCUT2D eigenvalue weighted by Crippen LogP contribution is -2.10. The Hall–Kier alpha value is -1.47. The molecule has 3 rings (SSSR count). The molecular weight excluding hydrogens is 326 g/mol. The first kappa shape index (κ1) is 12.6. The summed E-state index contributed by atoms with van der Waals surface area (Å²) in [5, 5.41) is 10.8. The van der Waals surface area contributed by atoms with Gasteiger partial charge in [-0.15, -0.1) is 16.4 Å². The Labute approximate surface area is 122 Å². The van der Waals surface area contributed by atoms with E-state index in [4.69, 9.17) is 0 Å².